The quantitative estimate of drug-likeness (QED) is 0.776. The molecule has 0 N–H and O–H groups in total. The summed E-state index contributed by atoms with van der Waals surface area (Å²) in [7, 11) is 0. The minimum Gasteiger partial charge on any atom is -0.297 e. The molecule has 3 fully saturated rings. The first kappa shape index (κ1) is 14.6. The number of carbonyl (C=O) groups excluding carboxylic acids is 1. The Labute approximate surface area is 124 Å². The van der Waals surface area contributed by atoms with E-state index in [9.17, 15) is 4.79 Å². The number of ketones is 1. The van der Waals surface area contributed by atoms with Crippen molar-refractivity contribution in [1.82, 2.24) is 4.90 Å². The third-order valence-electron chi connectivity index (χ3n) is 6.57. The Balaban J connectivity index is 1.76. The Hall–Kier alpha value is -0.370. The number of carbonyl (C=O) groups is 1. The molecule has 3 atom stereocenters. The van der Waals surface area contributed by atoms with E-state index >= 15 is 0 Å². The molecule has 3 rings (SSSR count). The fourth-order valence-electron chi connectivity index (χ4n) is 4.99. The molecular weight excluding hydrogens is 246 g/mol. The van der Waals surface area contributed by atoms with Gasteiger partial charge in [0.1, 0.15) is 0 Å². The van der Waals surface area contributed by atoms with E-state index < -0.39 is 0 Å². The van der Waals surface area contributed by atoms with Gasteiger partial charge in [0.05, 0.1) is 5.54 Å². The molecule has 1 aliphatic heterocycles. The van der Waals surface area contributed by atoms with E-state index in [1.807, 2.05) is 0 Å². The molecule has 2 saturated carbocycles. The smallest absolute Gasteiger partial charge is 0.156 e. The van der Waals surface area contributed by atoms with Crippen molar-refractivity contribution in [1.29, 1.82) is 0 Å². The van der Waals surface area contributed by atoms with Crippen LogP contribution in [-0.2, 0) is 4.79 Å². The van der Waals surface area contributed by atoms with E-state index in [0.29, 0.717) is 11.7 Å². The fourth-order valence-corrected chi connectivity index (χ4v) is 4.99. The number of hydrogen-bond donors (Lipinski definition) is 0. The lowest BCUT2D eigenvalue weighted by molar-refractivity contribution is -0.136. The topological polar surface area (TPSA) is 20.3 Å². The number of likely N-dealkylation sites (tertiary alicyclic amines) is 1. The predicted octanol–water partition coefficient (Wildman–Crippen LogP) is 4.04. The van der Waals surface area contributed by atoms with Gasteiger partial charge in [-0.15, -0.1) is 0 Å². The first-order valence-electron chi connectivity index (χ1n) is 8.93. The van der Waals surface area contributed by atoms with Crippen LogP contribution in [0.15, 0.2) is 0 Å². The first-order valence-corrected chi connectivity index (χ1v) is 8.93. The third-order valence-corrected chi connectivity index (χ3v) is 6.57. The Bertz CT molecular complexity index is 352. The van der Waals surface area contributed by atoms with Crippen LogP contribution >= 0.6 is 0 Å². The second kappa shape index (κ2) is 5.79. The maximum atomic E-state index is 13.3. The average Bonchev–Trinajstić information content (AvgIpc) is 3.12. The highest BCUT2D eigenvalue weighted by molar-refractivity contribution is 5.91. The lowest BCUT2D eigenvalue weighted by atomic mass is 9.70. The molecule has 0 spiro atoms. The molecule has 114 valence electrons. The van der Waals surface area contributed by atoms with Crippen LogP contribution in [0.25, 0.3) is 0 Å². The van der Waals surface area contributed by atoms with E-state index in [1.54, 1.807) is 0 Å². The molecule has 2 aliphatic carbocycles. The molecule has 0 radical (unpaired) electrons. The monoisotopic (exact) mass is 277 g/mol. The van der Waals surface area contributed by atoms with E-state index in [2.05, 4.69) is 18.7 Å². The molecule has 1 saturated heterocycles. The number of hydrogen-bond acceptors (Lipinski definition) is 2. The van der Waals surface area contributed by atoms with Crippen LogP contribution < -0.4 is 0 Å². The second-order valence-electron chi connectivity index (χ2n) is 7.76. The SMILES string of the molecule is CC1CCC(C(=O)C2(N3CCCC3)CCCC2)CC1C. The highest BCUT2D eigenvalue weighted by atomic mass is 16.1. The summed E-state index contributed by atoms with van der Waals surface area (Å²) in [6.07, 6.45) is 11.0. The van der Waals surface area contributed by atoms with Crippen LogP contribution in [0, 0.1) is 17.8 Å². The van der Waals surface area contributed by atoms with Crippen LogP contribution in [0.5, 0.6) is 0 Å². The van der Waals surface area contributed by atoms with Gasteiger partial charge in [0.15, 0.2) is 5.78 Å². The Morgan fingerprint density at radius 3 is 2.20 bits per heavy atom. The molecule has 0 aromatic heterocycles. The van der Waals surface area contributed by atoms with Crippen LogP contribution in [0.2, 0.25) is 0 Å². The van der Waals surface area contributed by atoms with Gasteiger partial charge < -0.3 is 0 Å². The third kappa shape index (κ3) is 2.45. The summed E-state index contributed by atoms with van der Waals surface area (Å²) in [6, 6.07) is 0. The maximum Gasteiger partial charge on any atom is 0.156 e. The van der Waals surface area contributed by atoms with E-state index in [1.165, 1.54) is 45.2 Å². The summed E-state index contributed by atoms with van der Waals surface area (Å²) in [6.45, 7) is 7.05. The number of rotatable bonds is 3. The van der Waals surface area contributed by atoms with Crippen molar-refractivity contribution in [3.8, 4) is 0 Å². The highest BCUT2D eigenvalue weighted by Crippen LogP contribution is 2.43. The average molecular weight is 277 g/mol. The Morgan fingerprint density at radius 2 is 1.60 bits per heavy atom. The molecule has 3 aliphatic rings. The summed E-state index contributed by atoms with van der Waals surface area (Å²) in [4.78, 5) is 15.9. The molecule has 2 nitrogen and oxygen atoms in total. The van der Waals surface area contributed by atoms with Gasteiger partial charge >= 0.3 is 0 Å². The largest absolute Gasteiger partial charge is 0.297 e. The summed E-state index contributed by atoms with van der Waals surface area (Å²) in [5, 5.41) is 0. The van der Waals surface area contributed by atoms with E-state index in [4.69, 9.17) is 0 Å². The zero-order valence-electron chi connectivity index (χ0n) is 13.4. The molecule has 0 amide bonds. The van der Waals surface area contributed by atoms with Gasteiger partial charge in [-0.25, -0.2) is 0 Å². The van der Waals surface area contributed by atoms with Crippen molar-refractivity contribution in [2.24, 2.45) is 17.8 Å². The molecule has 1 heterocycles. The Morgan fingerprint density at radius 1 is 0.950 bits per heavy atom. The van der Waals surface area contributed by atoms with Crippen LogP contribution in [0.3, 0.4) is 0 Å². The first-order chi connectivity index (χ1) is 9.63. The van der Waals surface area contributed by atoms with Gasteiger partial charge in [-0.3, -0.25) is 9.69 Å². The van der Waals surface area contributed by atoms with Crippen LogP contribution in [0.4, 0.5) is 0 Å². The number of Topliss-reactive ketones (excluding diaryl/α,β-unsaturated/α-hetero) is 1. The zero-order valence-corrected chi connectivity index (χ0v) is 13.4. The number of nitrogens with zero attached hydrogens (tertiary/aromatic N) is 1. The predicted molar refractivity (Wildman–Crippen MR) is 82.7 cm³/mol. The summed E-state index contributed by atoms with van der Waals surface area (Å²) >= 11 is 0. The fraction of sp³-hybridized carbons (Fsp3) is 0.944. The van der Waals surface area contributed by atoms with Crippen molar-refractivity contribution in [3.05, 3.63) is 0 Å². The molecule has 0 aromatic rings. The lowest BCUT2D eigenvalue weighted by Gasteiger charge is -2.42. The van der Waals surface area contributed by atoms with Gasteiger partial charge in [-0.1, -0.05) is 26.7 Å². The van der Waals surface area contributed by atoms with Gasteiger partial charge in [0.25, 0.3) is 0 Å². The van der Waals surface area contributed by atoms with Crippen molar-refractivity contribution in [2.45, 2.75) is 77.2 Å². The summed E-state index contributed by atoms with van der Waals surface area (Å²) in [5.74, 6) is 2.54. The minimum atomic E-state index is -0.0402. The van der Waals surface area contributed by atoms with Gasteiger partial charge in [0.2, 0.25) is 0 Å². The molecule has 20 heavy (non-hydrogen) atoms. The van der Waals surface area contributed by atoms with Crippen molar-refractivity contribution in [3.63, 3.8) is 0 Å². The summed E-state index contributed by atoms with van der Waals surface area (Å²) < 4.78 is 0. The van der Waals surface area contributed by atoms with Crippen molar-refractivity contribution in [2.75, 3.05) is 13.1 Å². The van der Waals surface area contributed by atoms with Crippen molar-refractivity contribution < 1.29 is 4.79 Å². The van der Waals surface area contributed by atoms with Crippen LogP contribution in [-0.4, -0.2) is 29.3 Å². The molecule has 2 heteroatoms. The van der Waals surface area contributed by atoms with E-state index in [0.717, 1.165) is 37.5 Å². The summed E-state index contributed by atoms with van der Waals surface area (Å²) in [5.41, 5.74) is -0.0402. The highest BCUT2D eigenvalue weighted by Gasteiger charge is 2.49. The van der Waals surface area contributed by atoms with E-state index in [-0.39, 0.29) is 5.54 Å². The van der Waals surface area contributed by atoms with Gasteiger partial charge in [-0.05, 0) is 69.9 Å². The van der Waals surface area contributed by atoms with Crippen molar-refractivity contribution >= 4 is 5.78 Å². The molecule has 0 bridgehead atoms. The second-order valence-corrected chi connectivity index (χ2v) is 7.76. The minimum absolute atomic E-state index is 0.0402. The molecule has 0 aromatic carbocycles. The zero-order chi connectivity index (χ0) is 14.2. The standard InChI is InChI=1S/C18H31NO/c1-14-7-8-16(13-15(14)2)17(20)18(9-3-4-10-18)19-11-5-6-12-19/h14-16H,3-13H2,1-2H3. The lowest BCUT2D eigenvalue weighted by Crippen LogP contribution is -2.54. The maximum absolute atomic E-state index is 13.3. The van der Waals surface area contributed by atoms with Gasteiger partial charge in [-0.2, -0.15) is 0 Å². The molecular formula is C18H31NO. The normalized spacial score (nSPS) is 38.2. The Kier molecular flexibility index (Phi) is 4.21. The van der Waals surface area contributed by atoms with Gasteiger partial charge in [0, 0.05) is 5.92 Å². The van der Waals surface area contributed by atoms with Crippen LogP contribution in [0.1, 0.15) is 71.6 Å². The molecule has 3 unspecified atom stereocenters.